The number of fused-ring (bicyclic) bond motifs is 1. The average Bonchev–Trinajstić information content (AvgIpc) is 2.64. The lowest BCUT2D eigenvalue weighted by Crippen LogP contribution is -2.41. The summed E-state index contributed by atoms with van der Waals surface area (Å²) in [4.78, 5) is 12.2. The molecule has 0 saturated heterocycles. The highest BCUT2D eigenvalue weighted by Crippen LogP contribution is 2.35. The molecule has 1 aromatic rings. The van der Waals surface area contributed by atoms with Gasteiger partial charge in [0.05, 0.1) is 25.4 Å². The average molecular weight is 262 g/mol. The highest BCUT2D eigenvalue weighted by molar-refractivity contribution is 5.88. The Labute approximate surface area is 114 Å². The molecule has 1 aliphatic heterocycles. The van der Waals surface area contributed by atoms with Crippen molar-refractivity contribution in [3.05, 3.63) is 23.8 Å². The number of nitrogens with one attached hydrogen (secondary N) is 1. The standard InChI is InChI=1S/C15H22N2O2/c1-10-12-7-6-11(19-5)8-13(12)17(16-10)9-14(18)15(2,3)4/h6-8,10,16H,9H2,1-5H3. The second-order valence-electron chi connectivity index (χ2n) is 6.03. The second kappa shape index (κ2) is 4.85. The van der Waals surface area contributed by atoms with Gasteiger partial charge in [0, 0.05) is 11.5 Å². The molecular weight excluding hydrogens is 240 g/mol. The quantitative estimate of drug-likeness (QED) is 0.909. The summed E-state index contributed by atoms with van der Waals surface area (Å²) in [6.45, 7) is 8.30. The molecule has 1 aromatic carbocycles. The fourth-order valence-corrected chi connectivity index (χ4v) is 2.13. The Hall–Kier alpha value is -1.55. The molecule has 19 heavy (non-hydrogen) atoms. The Kier molecular flexibility index (Phi) is 3.54. The van der Waals surface area contributed by atoms with Crippen molar-refractivity contribution in [3.8, 4) is 5.75 Å². The van der Waals surface area contributed by atoms with Gasteiger partial charge in [0.1, 0.15) is 5.75 Å². The van der Waals surface area contributed by atoms with Crippen LogP contribution < -0.4 is 15.2 Å². The van der Waals surface area contributed by atoms with E-state index >= 15 is 0 Å². The molecule has 0 aliphatic carbocycles. The van der Waals surface area contributed by atoms with Crippen LogP contribution >= 0.6 is 0 Å². The highest BCUT2D eigenvalue weighted by atomic mass is 16.5. The van der Waals surface area contributed by atoms with Crippen LogP contribution in [-0.4, -0.2) is 19.4 Å². The monoisotopic (exact) mass is 262 g/mol. The minimum Gasteiger partial charge on any atom is -0.497 e. The minimum absolute atomic E-state index is 0.211. The van der Waals surface area contributed by atoms with Crippen LogP contribution in [0.25, 0.3) is 0 Å². The first kappa shape index (κ1) is 13.9. The Bertz CT molecular complexity index is 491. The molecule has 104 valence electrons. The third-order valence-electron chi connectivity index (χ3n) is 3.48. The van der Waals surface area contributed by atoms with Crippen molar-refractivity contribution < 1.29 is 9.53 Å². The zero-order valence-corrected chi connectivity index (χ0v) is 12.3. The van der Waals surface area contributed by atoms with E-state index in [1.807, 2.05) is 44.0 Å². The van der Waals surface area contributed by atoms with Gasteiger partial charge in [0.25, 0.3) is 0 Å². The SMILES string of the molecule is COc1ccc2c(c1)N(CC(=O)C(C)(C)C)NC2C. The third-order valence-corrected chi connectivity index (χ3v) is 3.48. The van der Waals surface area contributed by atoms with Gasteiger partial charge in [0.15, 0.2) is 5.78 Å². The van der Waals surface area contributed by atoms with E-state index in [2.05, 4.69) is 12.3 Å². The molecule has 0 bridgehead atoms. The van der Waals surface area contributed by atoms with E-state index in [0.717, 1.165) is 11.4 Å². The fourth-order valence-electron chi connectivity index (χ4n) is 2.13. The topological polar surface area (TPSA) is 41.6 Å². The predicted molar refractivity (Wildman–Crippen MR) is 76.4 cm³/mol. The maximum absolute atomic E-state index is 12.2. The van der Waals surface area contributed by atoms with Crippen molar-refractivity contribution in [2.45, 2.75) is 33.7 Å². The molecule has 0 radical (unpaired) electrons. The first-order valence-corrected chi connectivity index (χ1v) is 6.58. The smallest absolute Gasteiger partial charge is 0.159 e. The molecule has 0 spiro atoms. The van der Waals surface area contributed by atoms with Crippen molar-refractivity contribution in [3.63, 3.8) is 0 Å². The van der Waals surface area contributed by atoms with Crippen LogP contribution in [0.1, 0.15) is 39.3 Å². The number of hydrazine groups is 1. The first-order chi connectivity index (χ1) is 8.82. The molecule has 0 aromatic heterocycles. The summed E-state index contributed by atoms with van der Waals surface area (Å²) in [5.74, 6) is 1.02. The van der Waals surface area contributed by atoms with Gasteiger partial charge in [-0.05, 0) is 18.6 Å². The maximum atomic E-state index is 12.2. The molecule has 2 rings (SSSR count). The molecule has 1 N–H and O–H groups in total. The lowest BCUT2D eigenvalue weighted by atomic mass is 9.91. The zero-order valence-electron chi connectivity index (χ0n) is 12.3. The molecule has 4 heteroatoms. The van der Waals surface area contributed by atoms with Gasteiger partial charge < -0.3 is 4.74 Å². The first-order valence-electron chi connectivity index (χ1n) is 6.58. The molecule has 1 heterocycles. The van der Waals surface area contributed by atoms with E-state index in [1.54, 1.807) is 7.11 Å². The van der Waals surface area contributed by atoms with Crippen LogP contribution in [0.3, 0.4) is 0 Å². The molecular formula is C15H22N2O2. The van der Waals surface area contributed by atoms with Crippen LogP contribution in [-0.2, 0) is 4.79 Å². The Balaban J connectivity index is 2.25. The van der Waals surface area contributed by atoms with E-state index in [1.165, 1.54) is 5.56 Å². The third kappa shape index (κ3) is 2.73. The number of ketones is 1. The van der Waals surface area contributed by atoms with Crippen molar-refractivity contribution in [2.75, 3.05) is 18.7 Å². The predicted octanol–water partition coefficient (Wildman–Crippen LogP) is 2.70. The van der Waals surface area contributed by atoms with Crippen LogP contribution in [0.4, 0.5) is 5.69 Å². The summed E-state index contributed by atoms with van der Waals surface area (Å²) >= 11 is 0. The highest BCUT2D eigenvalue weighted by Gasteiger charge is 2.30. The maximum Gasteiger partial charge on any atom is 0.159 e. The molecule has 0 saturated carbocycles. The van der Waals surface area contributed by atoms with Gasteiger partial charge in [-0.2, -0.15) is 0 Å². The van der Waals surface area contributed by atoms with Crippen molar-refractivity contribution in [1.29, 1.82) is 0 Å². The Morgan fingerprint density at radius 1 is 1.42 bits per heavy atom. The van der Waals surface area contributed by atoms with Gasteiger partial charge in [-0.15, -0.1) is 0 Å². The number of hydrogen-bond donors (Lipinski definition) is 1. The number of methoxy groups -OCH3 is 1. The number of rotatable bonds is 3. The van der Waals surface area contributed by atoms with E-state index in [4.69, 9.17) is 4.74 Å². The van der Waals surface area contributed by atoms with E-state index in [-0.39, 0.29) is 17.2 Å². The molecule has 1 aliphatic rings. The number of nitrogens with zero attached hydrogens (tertiary/aromatic N) is 1. The van der Waals surface area contributed by atoms with Crippen LogP contribution in [0, 0.1) is 5.41 Å². The number of ether oxygens (including phenoxy) is 1. The fraction of sp³-hybridized carbons (Fsp3) is 0.533. The van der Waals surface area contributed by atoms with Gasteiger partial charge >= 0.3 is 0 Å². The van der Waals surface area contributed by atoms with Crippen LogP contribution in [0.2, 0.25) is 0 Å². The van der Waals surface area contributed by atoms with Crippen molar-refractivity contribution in [2.24, 2.45) is 5.41 Å². The van der Waals surface area contributed by atoms with Gasteiger partial charge in [-0.1, -0.05) is 26.8 Å². The molecule has 1 atom stereocenters. The second-order valence-corrected chi connectivity index (χ2v) is 6.03. The van der Waals surface area contributed by atoms with E-state index < -0.39 is 0 Å². The molecule has 0 amide bonds. The van der Waals surface area contributed by atoms with Crippen LogP contribution in [0.5, 0.6) is 5.75 Å². The summed E-state index contributed by atoms with van der Waals surface area (Å²) in [5, 5.41) is 1.93. The Morgan fingerprint density at radius 2 is 2.11 bits per heavy atom. The zero-order chi connectivity index (χ0) is 14.2. The summed E-state index contributed by atoms with van der Waals surface area (Å²) in [6.07, 6.45) is 0. The number of carbonyl (C=O) groups is 1. The molecule has 0 fully saturated rings. The summed E-state index contributed by atoms with van der Waals surface area (Å²) in [5.41, 5.74) is 5.23. The van der Waals surface area contributed by atoms with Gasteiger partial charge in [0.2, 0.25) is 0 Å². The van der Waals surface area contributed by atoms with Gasteiger partial charge in [-0.3, -0.25) is 9.80 Å². The number of carbonyl (C=O) groups excluding carboxylic acids is 1. The molecule has 4 nitrogen and oxygen atoms in total. The number of Topliss-reactive ketones (excluding diaryl/α,β-unsaturated/α-hetero) is 1. The van der Waals surface area contributed by atoms with Crippen LogP contribution in [0.15, 0.2) is 18.2 Å². The van der Waals surface area contributed by atoms with Gasteiger partial charge in [-0.25, -0.2) is 5.43 Å². The summed E-state index contributed by atoms with van der Waals surface area (Å²) < 4.78 is 5.26. The lowest BCUT2D eigenvalue weighted by Gasteiger charge is -2.24. The van der Waals surface area contributed by atoms with E-state index in [9.17, 15) is 4.79 Å². The Morgan fingerprint density at radius 3 is 2.68 bits per heavy atom. The summed E-state index contributed by atoms with van der Waals surface area (Å²) in [7, 11) is 1.65. The van der Waals surface area contributed by atoms with E-state index in [0.29, 0.717) is 6.54 Å². The number of hydrogen-bond acceptors (Lipinski definition) is 4. The lowest BCUT2D eigenvalue weighted by molar-refractivity contribution is -0.125. The van der Waals surface area contributed by atoms with Crippen molar-refractivity contribution in [1.82, 2.24) is 5.43 Å². The number of anilines is 1. The summed E-state index contributed by atoms with van der Waals surface area (Å²) in [6, 6.07) is 6.19. The van der Waals surface area contributed by atoms with Crippen molar-refractivity contribution >= 4 is 11.5 Å². The minimum atomic E-state index is -0.327. The normalized spacial score (nSPS) is 18.4. The largest absolute Gasteiger partial charge is 0.497 e. The molecule has 1 unspecified atom stereocenters. The number of benzene rings is 1.